The summed E-state index contributed by atoms with van der Waals surface area (Å²) < 4.78 is 37.5. The van der Waals surface area contributed by atoms with Crippen LogP contribution in [0.2, 0.25) is 0 Å². The van der Waals surface area contributed by atoms with E-state index in [1.165, 1.54) is 21.3 Å². The quantitative estimate of drug-likeness (QED) is 0.614. The summed E-state index contributed by atoms with van der Waals surface area (Å²) >= 11 is 0. The van der Waals surface area contributed by atoms with Crippen LogP contribution in [-0.4, -0.2) is 51.0 Å². The monoisotopic (exact) mass is 487 g/mol. The van der Waals surface area contributed by atoms with Crippen LogP contribution in [0.3, 0.4) is 0 Å². The Bertz CT molecular complexity index is 1180. The van der Waals surface area contributed by atoms with Gasteiger partial charge in [0.15, 0.2) is 11.5 Å². The van der Waals surface area contributed by atoms with Gasteiger partial charge in [0.1, 0.15) is 0 Å². The number of hydrogen-bond acceptors (Lipinski definition) is 6. The number of nitrogens with zero attached hydrogens (tertiary/aromatic N) is 2. The van der Waals surface area contributed by atoms with Gasteiger partial charge in [0.2, 0.25) is 28.6 Å². The van der Waals surface area contributed by atoms with Gasteiger partial charge in [0.25, 0.3) is 0 Å². The minimum atomic E-state index is -3.57. The molecule has 0 radical (unpaired) electrons. The van der Waals surface area contributed by atoms with Crippen molar-refractivity contribution in [2.24, 2.45) is 5.92 Å². The lowest BCUT2D eigenvalue weighted by molar-refractivity contribution is -0.126. The minimum absolute atomic E-state index is 0.0964. The van der Waals surface area contributed by atoms with Gasteiger partial charge in [-0.25, -0.2) is 8.42 Å². The number of hydrogen-bond donors (Lipinski definition) is 1. The van der Waals surface area contributed by atoms with Crippen LogP contribution < -0.4 is 19.7 Å². The highest BCUT2D eigenvalue weighted by molar-refractivity contribution is 7.89. The molecule has 2 aliphatic heterocycles. The smallest absolute Gasteiger partial charge is 0.243 e. The molecule has 0 spiro atoms. The van der Waals surface area contributed by atoms with Gasteiger partial charge in [-0.15, -0.1) is 0 Å². The molecule has 0 unspecified atom stereocenters. The lowest BCUT2D eigenvalue weighted by Crippen LogP contribution is -2.34. The zero-order chi connectivity index (χ0) is 24.5. The summed E-state index contributed by atoms with van der Waals surface area (Å²) in [4.78, 5) is 27.2. The van der Waals surface area contributed by atoms with Gasteiger partial charge >= 0.3 is 0 Å². The summed E-state index contributed by atoms with van der Waals surface area (Å²) in [7, 11) is -3.57. The minimum Gasteiger partial charge on any atom is -0.454 e. The predicted molar refractivity (Wildman–Crippen MR) is 126 cm³/mol. The molecule has 0 aliphatic carbocycles. The van der Waals surface area contributed by atoms with Crippen LogP contribution in [0.15, 0.2) is 47.4 Å². The summed E-state index contributed by atoms with van der Waals surface area (Å²) in [6.45, 7) is 6.63. The van der Waals surface area contributed by atoms with Gasteiger partial charge in [-0.1, -0.05) is 19.9 Å². The first-order valence-corrected chi connectivity index (χ1v) is 12.8. The van der Waals surface area contributed by atoms with Crippen LogP contribution in [-0.2, 0) is 19.6 Å². The summed E-state index contributed by atoms with van der Waals surface area (Å²) in [5.41, 5.74) is 1.45. The number of nitrogens with one attached hydrogen (secondary N) is 1. The molecular weight excluding hydrogens is 458 g/mol. The van der Waals surface area contributed by atoms with E-state index in [1.54, 1.807) is 26.0 Å². The molecule has 0 aromatic heterocycles. The standard InChI is InChI=1S/C24H29N3O6S/c1-4-26(5-2)34(30,31)20-9-7-19(8-10-20)27-14-18(13-23(27)28)24(29)25-16(3)17-6-11-21-22(12-17)33-15-32-21/h6-12,16,18H,4-5,13-15H2,1-3H3,(H,25,29)/t16-,18-/m0/s1. The summed E-state index contributed by atoms with van der Waals surface area (Å²) in [6.07, 6.45) is 0.0964. The van der Waals surface area contributed by atoms with E-state index in [2.05, 4.69) is 5.32 Å². The van der Waals surface area contributed by atoms with Gasteiger partial charge in [-0.3, -0.25) is 9.59 Å². The first-order chi connectivity index (χ1) is 16.2. The molecule has 2 atom stereocenters. The van der Waals surface area contributed by atoms with Gasteiger partial charge in [0, 0.05) is 31.7 Å². The lowest BCUT2D eigenvalue weighted by atomic mass is 10.0. The van der Waals surface area contributed by atoms with E-state index in [1.807, 2.05) is 25.1 Å². The molecule has 2 aliphatic rings. The molecule has 4 rings (SSSR count). The topological polar surface area (TPSA) is 105 Å². The van der Waals surface area contributed by atoms with Crippen LogP contribution in [0.25, 0.3) is 0 Å². The molecule has 2 aromatic rings. The Morgan fingerprint density at radius 1 is 1.12 bits per heavy atom. The summed E-state index contributed by atoms with van der Waals surface area (Å²) in [5, 5.41) is 2.98. The molecule has 0 saturated carbocycles. The number of rotatable bonds is 8. The maximum Gasteiger partial charge on any atom is 0.243 e. The fraction of sp³-hybridized carbons (Fsp3) is 0.417. The van der Waals surface area contributed by atoms with Crippen LogP contribution in [0.1, 0.15) is 38.8 Å². The fourth-order valence-electron chi connectivity index (χ4n) is 4.24. The number of carbonyl (C=O) groups excluding carboxylic acids is 2. The van der Waals surface area contributed by atoms with Crippen molar-refractivity contribution >= 4 is 27.5 Å². The third-order valence-electron chi connectivity index (χ3n) is 6.24. The first kappa shape index (κ1) is 24.0. The molecule has 1 saturated heterocycles. The Hall–Kier alpha value is -3.11. The van der Waals surface area contributed by atoms with Crippen LogP contribution >= 0.6 is 0 Å². The van der Waals surface area contributed by atoms with Crippen LogP contribution in [0.4, 0.5) is 5.69 Å². The SMILES string of the molecule is CCN(CC)S(=O)(=O)c1ccc(N2C[C@@H](C(=O)N[C@@H](C)c3ccc4c(c3)OCO4)CC2=O)cc1. The van der Waals surface area contributed by atoms with Gasteiger partial charge < -0.3 is 19.7 Å². The summed E-state index contributed by atoms with van der Waals surface area (Å²) in [6, 6.07) is 11.5. The summed E-state index contributed by atoms with van der Waals surface area (Å²) in [5.74, 6) is 0.447. The largest absolute Gasteiger partial charge is 0.454 e. The van der Waals surface area contributed by atoms with E-state index in [9.17, 15) is 18.0 Å². The molecule has 1 fully saturated rings. The average Bonchev–Trinajstić information content (AvgIpc) is 3.45. The molecule has 2 amide bonds. The Morgan fingerprint density at radius 2 is 1.79 bits per heavy atom. The number of sulfonamides is 1. The molecule has 2 aromatic carbocycles. The van der Waals surface area contributed by atoms with Crippen molar-refractivity contribution in [3.63, 3.8) is 0 Å². The zero-order valence-corrected chi connectivity index (χ0v) is 20.3. The van der Waals surface area contributed by atoms with Crippen molar-refractivity contribution < 1.29 is 27.5 Å². The molecule has 1 N–H and O–H groups in total. The van der Waals surface area contributed by atoms with Gasteiger partial charge in [-0.2, -0.15) is 4.31 Å². The van der Waals surface area contributed by atoms with Crippen LogP contribution in [0.5, 0.6) is 11.5 Å². The number of fused-ring (bicyclic) bond motifs is 1. The van der Waals surface area contributed by atoms with E-state index in [0.717, 1.165) is 5.56 Å². The van der Waals surface area contributed by atoms with Crippen molar-refractivity contribution in [2.45, 2.75) is 38.1 Å². The van der Waals surface area contributed by atoms with Crippen molar-refractivity contribution in [1.29, 1.82) is 0 Å². The maximum absolute atomic E-state index is 12.9. The van der Waals surface area contributed by atoms with Crippen molar-refractivity contribution in [2.75, 3.05) is 31.3 Å². The highest BCUT2D eigenvalue weighted by Gasteiger charge is 2.36. The third kappa shape index (κ3) is 4.60. The predicted octanol–water partition coefficient (Wildman–Crippen LogP) is 2.68. The van der Waals surface area contributed by atoms with E-state index in [-0.39, 0.29) is 42.5 Å². The van der Waals surface area contributed by atoms with E-state index in [0.29, 0.717) is 30.3 Å². The molecule has 2 heterocycles. The second kappa shape index (κ2) is 9.63. The van der Waals surface area contributed by atoms with Gasteiger partial charge in [0.05, 0.1) is 16.9 Å². The first-order valence-electron chi connectivity index (χ1n) is 11.3. The normalized spacial score (nSPS) is 18.4. The highest BCUT2D eigenvalue weighted by atomic mass is 32.2. The van der Waals surface area contributed by atoms with Crippen molar-refractivity contribution in [3.05, 3.63) is 48.0 Å². The molecular formula is C24H29N3O6S. The Kier molecular flexibility index (Phi) is 6.81. The van der Waals surface area contributed by atoms with E-state index >= 15 is 0 Å². The van der Waals surface area contributed by atoms with Crippen LogP contribution in [0, 0.1) is 5.92 Å². The molecule has 0 bridgehead atoms. The zero-order valence-electron chi connectivity index (χ0n) is 19.5. The molecule has 9 nitrogen and oxygen atoms in total. The van der Waals surface area contributed by atoms with E-state index in [4.69, 9.17) is 9.47 Å². The maximum atomic E-state index is 12.9. The molecule has 182 valence electrons. The highest BCUT2D eigenvalue weighted by Crippen LogP contribution is 2.34. The second-order valence-electron chi connectivity index (χ2n) is 8.33. The number of anilines is 1. The Morgan fingerprint density at radius 3 is 2.47 bits per heavy atom. The average molecular weight is 488 g/mol. The fourth-order valence-corrected chi connectivity index (χ4v) is 5.70. The Labute approximate surface area is 199 Å². The number of amides is 2. The number of ether oxygens (including phenoxy) is 2. The van der Waals surface area contributed by atoms with Crippen molar-refractivity contribution in [1.82, 2.24) is 9.62 Å². The number of benzene rings is 2. The van der Waals surface area contributed by atoms with Crippen molar-refractivity contribution in [3.8, 4) is 11.5 Å². The number of carbonyl (C=O) groups is 2. The third-order valence-corrected chi connectivity index (χ3v) is 8.31. The lowest BCUT2D eigenvalue weighted by Gasteiger charge is -2.21. The van der Waals surface area contributed by atoms with Gasteiger partial charge in [-0.05, 0) is 48.9 Å². The molecule has 10 heteroatoms. The van der Waals surface area contributed by atoms with E-state index < -0.39 is 15.9 Å². The Balaban J connectivity index is 1.41. The second-order valence-corrected chi connectivity index (χ2v) is 10.3. The molecule has 34 heavy (non-hydrogen) atoms.